The van der Waals surface area contributed by atoms with E-state index in [1.807, 2.05) is 0 Å². The van der Waals surface area contributed by atoms with Crippen LogP contribution in [-0.4, -0.2) is 19.1 Å². The van der Waals surface area contributed by atoms with Crippen LogP contribution in [0.3, 0.4) is 0 Å². The van der Waals surface area contributed by atoms with Crippen LogP contribution in [0.1, 0.15) is 27.6 Å². The van der Waals surface area contributed by atoms with Crippen LogP contribution in [0.5, 0.6) is 0 Å². The van der Waals surface area contributed by atoms with Gasteiger partial charge in [0.25, 0.3) is 0 Å². The SMILES string of the molecule is O=Cc1ccc2c(c1)C(C(F)(F)F)OCC2. The number of alkyl halides is 3. The summed E-state index contributed by atoms with van der Waals surface area (Å²) in [6.45, 7) is 0.0532. The van der Waals surface area contributed by atoms with Crippen LogP contribution in [0, 0.1) is 0 Å². The Morgan fingerprint density at radius 3 is 2.75 bits per heavy atom. The average molecular weight is 230 g/mol. The largest absolute Gasteiger partial charge is 0.418 e. The highest BCUT2D eigenvalue weighted by Crippen LogP contribution is 2.40. The molecule has 1 unspecified atom stereocenters. The lowest BCUT2D eigenvalue weighted by atomic mass is 9.95. The van der Waals surface area contributed by atoms with Crippen LogP contribution in [0.25, 0.3) is 0 Å². The number of aldehydes is 1. The second kappa shape index (κ2) is 3.90. The maximum atomic E-state index is 12.6. The Labute approximate surface area is 90.0 Å². The minimum Gasteiger partial charge on any atom is -0.364 e. The first-order chi connectivity index (χ1) is 7.52. The molecule has 1 aliphatic heterocycles. The van der Waals surface area contributed by atoms with Gasteiger partial charge < -0.3 is 4.74 Å². The summed E-state index contributed by atoms with van der Waals surface area (Å²) in [4.78, 5) is 10.5. The third-order valence-electron chi connectivity index (χ3n) is 2.54. The van der Waals surface area contributed by atoms with Crippen molar-refractivity contribution in [3.05, 3.63) is 34.9 Å². The highest BCUT2D eigenvalue weighted by Gasteiger charge is 2.44. The van der Waals surface area contributed by atoms with E-state index in [0.717, 1.165) is 0 Å². The van der Waals surface area contributed by atoms with Crippen molar-refractivity contribution in [1.29, 1.82) is 0 Å². The molecule has 0 amide bonds. The highest BCUT2D eigenvalue weighted by molar-refractivity contribution is 5.75. The third-order valence-corrected chi connectivity index (χ3v) is 2.54. The molecule has 5 heteroatoms. The Balaban J connectivity index is 2.47. The standard InChI is InChI=1S/C11H9F3O2/c12-11(13,14)10-9-5-7(6-15)1-2-8(9)3-4-16-10/h1-2,5-6,10H,3-4H2. The van der Waals surface area contributed by atoms with E-state index >= 15 is 0 Å². The minimum atomic E-state index is -4.43. The van der Waals surface area contributed by atoms with Crippen LogP contribution in [0.2, 0.25) is 0 Å². The number of rotatable bonds is 1. The van der Waals surface area contributed by atoms with Gasteiger partial charge >= 0.3 is 6.18 Å². The normalized spacial score (nSPS) is 20.3. The van der Waals surface area contributed by atoms with E-state index in [0.29, 0.717) is 18.3 Å². The van der Waals surface area contributed by atoms with Gasteiger partial charge in [0.2, 0.25) is 0 Å². The van der Waals surface area contributed by atoms with Gasteiger partial charge in [0.05, 0.1) is 6.61 Å². The molecule has 0 saturated heterocycles. The number of fused-ring (bicyclic) bond motifs is 1. The number of benzene rings is 1. The second-order valence-corrected chi connectivity index (χ2v) is 3.62. The van der Waals surface area contributed by atoms with Gasteiger partial charge in [-0.25, -0.2) is 0 Å². The number of hydrogen-bond donors (Lipinski definition) is 0. The second-order valence-electron chi connectivity index (χ2n) is 3.62. The molecular weight excluding hydrogens is 221 g/mol. The van der Waals surface area contributed by atoms with E-state index in [1.54, 1.807) is 6.07 Å². The number of ether oxygens (including phenoxy) is 1. The van der Waals surface area contributed by atoms with Gasteiger partial charge in [-0.3, -0.25) is 4.79 Å². The molecule has 0 bridgehead atoms. The fourth-order valence-corrected chi connectivity index (χ4v) is 1.81. The molecule has 1 heterocycles. The molecule has 0 saturated carbocycles. The predicted molar refractivity (Wildman–Crippen MR) is 50.3 cm³/mol. The van der Waals surface area contributed by atoms with Crippen LogP contribution in [0.15, 0.2) is 18.2 Å². The van der Waals surface area contributed by atoms with Crippen molar-refractivity contribution < 1.29 is 22.7 Å². The van der Waals surface area contributed by atoms with E-state index in [4.69, 9.17) is 4.74 Å². The highest BCUT2D eigenvalue weighted by atomic mass is 19.4. The van der Waals surface area contributed by atoms with Crippen molar-refractivity contribution in [2.24, 2.45) is 0 Å². The summed E-state index contributed by atoms with van der Waals surface area (Å²) in [5.41, 5.74) is 0.890. The fourth-order valence-electron chi connectivity index (χ4n) is 1.81. The molecule has 0 radical (unpaired) electrons. The molecule has 86 valence electrons. The Morgan fingerprint density at radius 2 is 2.12 bits per heavy atom. The third kappa shape index (κ3) is 1.95. The summed E-state index contributed by atoms with van der Waals surface area (Å²) in [5.74, 6) is 0. The molecule has 1 aliphatic rings. The molecule has 16 heavy (non-hydrogen) atoms. The summed E-state index contributed by atoms with van der Waals surface area (Å²) in [6.07, 6.45) is -5.36. The Kier molecular flexibility index (Phi) is 2.71. The van der Waals surface area contributed by atoms with Crippen molar-refractivity contribution >= 4 is 6.29 Å². The molecular formula is C11H9F3O2. The van der Waals surface area contributed by atoms with Gasteiger partial charge in [0.15, 0.2) is 6.10 Å². The predicted octanol–water partition coefficient (Wildman–Crippen LogP) is 2.68. The number of carbonyl (C=O) groups excluding carboxylic acids is 1. The summed E-state index contributed by atoms with van der Waals surface area (Å²) in [6, 6.07) is 4.32. The number of halogens is 3. The van der Waals surface area contributed by atoms with Crippen LogP contribution >= 0.6 is 0 Å². The average Bonchev–Trinajstić information content (AvgIpc) is 2.26. The van der Waals surface area contributed by atoms with Crippen molar-refractivity contribution in [2.45, 2.75) is 18.7 Å². The van der Waals surface area contributed by atoms with Crippen molar-refractivity contribution in [1.82, 2.24) is 0 Å². The lowest BCUT2D eigenvalue weighted by Gasteiger charge is -2.27. The number of carbonyl (C=O) groups is 1. The van der Waals surface area contributed by atoms with E-state index < -0.39 is 12.3 Å². The smallest absolute Gasteiger partial charge is 0.364 e. The van der Waals surface area contributed by atoms with Gasteiger partial charge in [0.1, 0.15) is 6.29 Å². The van der Waals surface area contributed by atoms with Crippen LogP contribution < -0.4 is 0 Å². The van der Waals surface area contributed by atoms with Gasteiger partial charge in [-0.15, -0.1) is 0 Å². The van der Waals surface area contributed by atoms with Crippen molar-refractivity contribution in [3.63, 3.8) is 0 Å². The maximum absolute atomic E-state index is 12.6. The first kappa shape index (κ1) is 11.1. The molecule has 0 N–H and O–H groups in total. The lowest BCUT2D eigenvalue weighted by molar-refractivity contribution is -0.227. The summed E-state index contributed by atoms with van der Waals surface area (Å²) < 4.78 is 42.7. The molecule has 0 fully saturated rings. The Bertz CT molecular complexity index is 412. The van der Waals surface area contributed by atoms with Gasteiger partial charge in [-0.1, -0.05) is 12.1 Å². The van der Waals surface area contributed by atoms with Crippen LogP contribution in [0.4, 0.5) is 13.2 Å². The molecule has 1 atom stereocenters. The van der Waals surface area contributed by atoms with E-state index in [-0.39, 0.29) is 17.7 Å². The Hall–Kier alpha value is -1.36. The summed E-state index contributed by atoms with van der Waals surface area (Å²) >= 11 is 0. The van der Waals surface area contributed by atoms with Gasteiger partial charge in [-0.05, 0) is 23.6 Å². The van der Waals surface area contributed by atoms with E-state index in [9.17, 15) is 18.0 Å². The van der Waals surface area contributed by atoms with Crippen LogP contribution in [-0.2, 0) is 11.2 Å². The fraction of sp³-hybridized carbons (Fsp3) is 0.364. The topological polar surface area (TPSA) is 26.3 Å². The lowest BCUT2D eigenvalue weighted by Crippen LogP contribution is -2.29. The quantitative estimate of drug-likeness (QED) is 0.693. The molecule has 0 aromatic heterocycles. The zero-order valence-corrected chi connectivity index (χ0v) is 8.25. The van der Waals surface area contributed by atoms with Gasteiger partial charge in [-0.2, -0.15) is 13.2 Å². The maximum Gasteiger partial charge on any atom is 0.418 e. The van der Waals surface area contributed by atoms with Gasteiger partial charge in [0, 0.05) is 5.56 Å². The van der Waals surface area contributed by atoms with E-state index in [1.165, 1.54) is 12.1 Å². The zero-order valence-electron chi connectivity index (χ0n) is 8.25. The zero-order chi connectivity index (χ0) is 11.8. The van der Waals surface area contributed by atoms with E-state index in [2.05, 4.69) is 0 Å². The molecule has 2 rings (SSSR count). The van der Waals surface area contributed by atoms with Crippen molar-refractivity contribution in [3.8, 4) is 0 Å². The molecule has 1 aromatic carbocycles. The number of hydrogen-bond acceptors (Lipinski definition) is 2. The summed E-state index contributed by atoms with van der Waals surface area (Å²) in [7, 11) is 0. The molecule has 1 aromatic rings. The van der Waals surface area contributed by atoms with Crippen molar-refractivity contribution in [2.75, 3.05) is 6.61 Å². The minimum absolute atomic E-state index is 0.0532. The first-order valence-electron chi connectivity index (χ1n) is 4.78. The molecule has 0 aliphatic carbocycles. The Morgan fingerprint density at radius 1 is 1.38 bits per heavy atom. The molecule has 2 nitrogen and oxygen atoms in total. The monoisotopic (exact) mass is 230 g/mol. The summed E-state index contributed by atoms with van der Waals surface area (Å²) in [5, 5.41) is 0. The first-order valence-corrected chi connectivity index (χ1v) is 4.78. The molecule has 0 spiro atoms.